The Morgan fingerprint density at radius 3 is 2.76 bits per heavy atom. The second-order valence-electron chi connectivity index (χ2n) is 5.27. The van der Waals surface area contributed by atoms with Gasteiger partial charge in [0.15, 0.2) is 5.84 Å². The van der Waals surface area contributed by atoms with Crippen molar-refractivity contribution in [2.75, 3.05) is 0 Å². The molecule has 0 aliphatic heterocycles. The molecule has 0 radical (unpaired) electrons. The van der Waals surface area contributed by atoms with Crippen LogP contribution in [0.5, 0.6) is 0 Å². The number of pyridine rings is 1. The summed E-state index contributed by atoms with van der Waals surface area (Å²) >= 11 is 3.28. The minimum absolute atomic E-state index is 0.0539. The first-order valence-corrected chi connectivity index (χ1v) is 7.80. The van der Waals surface area contributed by atoms with Crippen LogP contribution in [0, 0.1) is 5.92 Å². The molecule has 114 valence electrons. The number of carbonyl (C=O) groups excluding carboxylic acids is 1. The van der Waals surface area contributed by atoms with Crippen LogP contribution in [0.4, 0.5) is 0 Å². The Hall–Kier alpha value is -1.63. The molecule has 0 bridgehead atoms. The Labute approximate surface area is 131 Å². The molecule has 0 aromatic carbocycles. The van der Waals surface area contributed by atoms with Gasteiger partial charge in [-0.15, -0.1) is 0 Å². The van der Waals surface area contributed by atoms with Gasteiger partial charge in [0.2, 0.25) is 0 Å². The van der Waals surface area contributed by atoms with Gasteiger partial charge in [-0.1, -0.05) is 24.4 Å². The van der Waals surface area contributed by atoms with E-state index in [4.69, 9.17) is 10.9 Å². The highest BCUT2D eigenvalue weighted by atomic mass is 79.9. The smallest absolute Gasteiger partial charge is 0.253 e. The summed E-state index contributed by atoms with van der Waals surface area (Å²) in [6.45, 7) is 0. The molecule has 21 heavy (non-hydrogen) atoms. The Kier molecular flexibility index (Phi) is 5.55. The number of nitrogens with one attached hydrogen (secondary N) is 1. The maximum Gasteiger partial charge on any atom is 0.253 e. The lowest BCUT2D eigenvalue weighted by Gasteiger charge is -2.30. The zero-order valence-electron chi connectivity index (χ0n) is 11.6. The van der Waals surface area contributed by atoms with E-state index >= 15 is 0 Å². The minimum atomic E-state index is -0.443. The molecular formula is C14H19BrN4O2. The molecule has 1 unspecified atom stereocenters. The number of hydrogen-bond donors (Lipinski definition) is 3. The summed E-state index contributed by atoms with van der Waals surface area (Å²) in [4.78, 5) is 16.3. The van der Waals surface area contributed by atoms with Crippen molar-refractivity contribution >= 4 is 27.7 Å². The molecule has 1 aromatic heterocycles. The van der Waals surface area contributed by atoms with Crippen molar-refractivity contribution in [3.8, 4) is 0 Å². The van der Waals surface area contributed by atoms with E-state index < -0.39 is 6.04 Å². The Morgan fingerprint density at radius 1 is 1.43 bits per heavy atom. The summed E-state index contributed by atoms with van der Waals surface area (Å²) in [5.41, 5.74) is 6.21. The Morgan fingerprint density at radius 2 is 2.14 bits per heavy atom. The van der Waals surface area contributed by atoms with Gasteiger partial charge in [0.25, 0.3) is 5.91 Å². The molecule has 1 atom stereocenters. The van der Waals surface area contributed by atoms with Gasteiger partial charge in [-0.3, -0.25) is 9.78 Å². The normalized spacial score (nSPS) is 18.2. The van der Waals surface area contributed by atoms with Gasteiger partial charge < -0.3 is 16.3 Å². The lowest BCUT2D eigenvalue weighted by molar-refractivity contribution is 0.0930. The van der Waals surface area contributed by atoms with Crippen molar-refractivity contribution in [1.29, 1.82) is 0 Å². The predicted molar refractivity (Wildman–Crippen MR) is 83.2 cm³/mol. The number of nitrogens with zero attached hydrogens (tertiary/aromatic N) is 2. The molecule has 7 heteroatoms. The van der Waals surface area contributed by atoms with Crippen LogP contribution < -0.4 is 11.1 Å². The fraction of sp³-hybridized carbons (Fsp3) is 0.500. The van der Waals surface area contributed by atoms with Crippen LogP contribution in [0.3, 0.4) is 0 Å². The van der Waals surface area contributed by atoms with Crippen molar-refractivity contribution < 1.29 is 10.0 Å². The first-order valence-electron chi connectivity index (χ1n) is 7.00. The first-order chi connectivity index (χ1) is 10.1. The molecule has 2 rings (SSSR count). The second-order valence-corrected chi connectivity index (χ2v) is 6.18. The largest absolute Gasteiger partial charge is 0.409 e. The van der Waals surface area contributed by atoms with Gasteiger partial charge in [-0.25, -0.2) is 0 Å². The van der Waals surface area contributed by atoms with Crippen molar-refractivity contribution in [2.24, 2.45) is 16.8 Å². The SMILES string of the molecule is N/C(=N\O)C(NC(=O)c1cncc(Br)c1)C1CCCCC1. The van der Waals surface area contributed by atoms with Crippen LogP contribution in [0.1, 0.15) is 42.5 Å². The summed E-state index contributed by atoms with van der Waals surface area (Å²) in [6, 6.07) is 1.24. The van der Waals surface area contributed by atoms with Crippen molar-refractivity contribution in [2.45, 2.75) is 38.1 Å². The van der Waals surface area contributed by atoms with Gasteiger partial charge in [-0.2, -0.15) is 0 Å². The molecule has 0 spiro atoms. The lowest BCUT2D eigenvalue weighted by atomic mass is 9.83. The fourth-order valence-electron chi connectivity index (χ4n) is 2.72. The maximum atomic E-state index is 12.3. The third-order valence-electron chi connectivity index (χ3n) is 3.81. The van der Waals surface area contributed by atoms with Gasteiger partial charge in [-0.05, 0) is 40.8 Å². The van der Waals surface area contributed by atoms with Crippen LogP contribution in [-0.4, -0.2) is 28.0 Å². The monoisotopic (exact) mass is 354 g/mol. The van der Waals surface area contributed by atoms with Gasteiger partial charge in [0, 0.05) is 16.9 Å². The number of nitrogens with two attached hydrogens (primary N) is 1. The van der Waals surface area contributed by atoms with E-state index in [2.05, 4.69) is 31.4 Å². The topological polar surface area (TPSA) is 101 Å². The molecule has 1 aliphatic carbocycles. The molecule has 1 aliphatic rings. The number of carbonyl (C=O) groups is 1. The summed E-state index contributed by atoms with van der Waals surface area (Å²) < 4.78 is 0.730. The van der Waals surface area contributed by atoms with Crippen molar-refractivity contribution in [3.63, 3.8) is 0 Å². The number of rotatable bonds is 4. The molecule has 1 aromatic rings. The van der Waals surface area contributed by atoms with Crippen molar-refractivity contribution in [3.05, 3.63) is 28.5 Å². The third kappa shape index (κ3) is 4.17. The zero-order valence-corrected chi connectivity index (χ0v) is 13.2. The van der Waals surface area contributed by atoms with Crippen LogP contribution in [0.2, 0.25) is 0 Å². The van der Waals surface area contributed by atoms with E-state index in [1.54, 1.807) is 12.3 Å². The number of amides is 1. The molecule has 4 N–H and O–H groups in total. The van der Waals surface area contributed by atoms with Crippen LogP contribution >= 0.6 is 15.9 Å². The summed E-state index contributed by atoms with van der Waals surface area (Å²) in [6.07, 6.45) is 8.45. The molecule has 1 amide bonds. The summed E-state index contributed by atoms with van der Waals surface area (Å²) in [7, 11) is 0. The van der Waals surface area contributed by atoms with E-state index in [0.717, 1.165) is 30.2 Å². The number of amidine groups is 1. The minimum Gasteiger partial charge on any atom is -0.409 e. The highest BCUT2D eigenvalue weighted by molar-refractivity contribution is 9.10. The summed E-state index contributed by atoms with van der Waals surface area (Å²) in [5, 5.41) is 14.9. The number of oxime groups is 1. The van der Waals surface area contributed by atoms with E-state index in [1.807, 2.05) is 0 Å². The molecule has 1 heterocycles. The predicted octanol–water partition coefficient (Wildman–Crippen LogP) is 2.27. The van der Waals surface area contributed by atoms with Gasteiger partial charge >= 0.3 is 0 Å². The van der Waals surface area contributed by atoms with Crippen LogP contribution in [0.15, 0.2) is 28.1 Å². The molecule has 1 fully saturated rings. The third-order valence-corrected chi connectivity index (χ3v) is 4.24. The molecular weight excluding hydrogens is 336 g/mol. The van der Waals surface area contributed by atoms with Crippen LogP contribution in [0.25, 0.3) is 0 Å². The lowest BCUT2D eigenvalue weighted by Crippen LogP contribution is -2.49. The van der Waals surface area contributed by atoms with Crippen molar-refractivity contribution in [1.82, 2.24) is 10.3 Å². The second kappa shape index (κ2) is 7.40. The summed E-state index contributed by atoms with van der Waals surface area (Å²) in [5.74, 6) is -0.0112. The van der Waals surface area contributed by atoms with E-state index in [9.17, 15) is 4.79 Å². The number of halogens is 1. The van der Waals surface area contributed by atoms with Gasteiger partial charge in [0.05, 0.1) is 11.6 Å². The van der Waals surface area contributed by atoms with E-state index in [-0.39, 0.29) is 17.7 Å². The van der Waals surface area contributed by atoms with Gasteiger partial charge in [0.1, 0.15) is 0 Å². The average molecular weight is 355 g/mol. The number of aromatic nitrogens is 1. The number of hydrogen-bond acceptors (Lipinski definition) is 4. The Balaban J connectivity index is 2.12. The highest BCUT2D eigenvalue weighted by Gasteiger charge is 2.28. The zero-order chi connectivity index (χ0) is 15.2. The standard InChI is InChI=1S/C14H19BrN4O2/c15-11-6-10(7-17-8-11)14(20)18-12(13(16)19-21)9-4-2-1-3-5-9/h6-9,12,21H,1-5H2,(H2,16,19)(H,18,20). The molecule has 6 nitrogen and oxygen atoms in total. The van der Waals surface area contributed by atoms with Crippen LogP contribution in [-0.2, 0) is 0 Å². The van der Waals surface area contributed by atoms with E-state index in [1.165, 1.54) is 12.6 Å². The quantitative estimate of drug-likeness (QED) is 0.334. The Bertz CT molecular complexity index is 529. The fourth-order valence-corrected chi connectivity index (χ4v) is 3.09. The van der Waals surface area contributed by atoms with E-state index in [0.29, 0.717) is 5.56 Å². The maximum absolute atomic E-state index is 12.3. The molecule has 1 saturated carbocycles. The molecule has 0 saturated heterocycles. The highest BCUT2D eigenvalue weighted by Crippen LogP contribution is 2.27. The first kappa shape index (κ1) is 15.8. The average Bonchev–Trinajstić information content (AvgIpc) is 2.52.